The number of hydrogen-bond donors (Lipinski definition) is 0. The molecular weight excluding hydrogens is 1200 g/mol. The minimum absolute atomic E-state index is 0. The van der Waals surface area contributed by atoms with Crippen LogP contribution in [0.5, 0.6) is 0 Å². The summed E-state index contributed by atoms with van der Waals surface area (Å²) >= 11 is 2.73. The second-order valence-electron chi connectivity index (χ2n) is 23.0. The Kier molecular flexibility index (Phi) is 24.5. The predicted molar refractivity (Wildman–Crippen MR) is 296 cm³/mol. The molecule has 2 saturated carbocycles. The van der Waals surface area contributed by atoms with Crippen molar-refractivity contribution in [3.8, 4) is 22.3 Å². The van der Waals surface area contributed by atoms with Crippen molar-refractivity contribution in [1.29, 1.82) is 0 Å². The van der Waals surface area contributed by atoms with Crippen LogP contribution in [0, 0.1) is 24.3 Å². The molecule has 0 unspecified atom stereocenters. The van der Waals surface area contributed by atoms with E-state index in [4.69, 9.17) is 0 Å². The van der Waals surface area contributed by atoms with Gasteiger partial charge < -0.3 is 0 Å². The number of halogens is 2. The maximum absolute atomic E-state index is 3.67. The number of benzene rings is 4. The molecule has 2 fully saturated rings. The van der Waals surface area contributed by atoms with Crippen LogP contribution in [0.3, 0.4) is 0 Å². The molecule has 0 amide bonds. The minimum atomic E-state index is 0. The summed E-state index contributed by atoms with van der Waals surface area (Å²) in [5.41, 5.74) is 17.4. The SMILES string of the molecule is CC(C)(C)c1[c-]c2c(cc1)-c1ccc(C(C)(C)C)cc1C2.CC(C)(C)c1[c-]c2c(cc1)-c1ccc(C(C)(C)C)cc1C2.Cl.Cl.[C-]1=CC=CC1.[C-]1=CC=CC1.[Hf+2]=[C]1CCCCC1.[Hf+2]=[C]1CCCCC1. The molecule has 4 heteroatoms. The summed E-state index contributed by atoms with van der Waals surface area (Å²) in [7, 11) is 0. The summed E-state index contributed by atoms with van der Waals surface area (Å²) < 4.78 is 3.71. The van der Waals surface area contributed by atoms with Crippen molar-refractivity contribution in [2.24, 2.45) is 0 Å². The van der Waals surface area contributed by atoms with E-state index in [2.05, 4.69) is 180 Å². The molecule has 0 bridgehead atoms. The molecule has 0 atom stereocenters. The number of allylic oxidation sites excluding steroid dienone is 8. The summed E-state index contributed by atoms with van der Waals surface area (Å²) in [6.07, 6.45) is 36.8. The van der Waals surface area contributed by atoms with Gasteiger partial charge in [-0.2, -0.15) is 59.7 Å². The topological polar surface area (TPSA) is 0 Å². The van der Waals surface area contributed by atoms with Crippen LogP contribution in [-0.2, 0) is 82.3 Å². The van der Waals surface area contributed by atoms with Crippen LogP contribution in [0.4, 0.5) is 0 Å². The van der Waals surface area contributed by atoms with E-state index in [1.54, 1.807) is 0 Å². The maximum atomic E-state index is 3.67. The fourth-order valence-corrected chi connectivity index (χ4v) is 11.2. The third-order valence-corrected chi connectivity index (χ3v) is 16.6. The molecule has 6 aliphatic carbocycles. The van der Waals surface area contributed by atoms with Crippen molar-refractivity contribution < 1.29 is 47.8 Å². The van der Waals surface area contributed by atoms with Gasteiger partial charge in [0.25, 0.3) is 0 Å². The standard InChI is InChI=1S/2C21H25.2C6H10.2C5H5.2ClH.2Hf/c2*1-20(2,3)16-7-9-18-14(12-16)11-15-13-17(21(4,5)6)8-10-19(15)18;2*1-2-4-6-5-3-1;2*1-2-4-5-3-1;;;;/h2*7-10,12H,11H2,1-6H3;2*1-5H2;2*1-3H,4H2;2*1H;;/q2*-1;;;2*-1;;;2*+2. The summed E-state index contributed by atoms with van der Waals surface area (Å²) in [5.74, 6) is 0. The number of rotatable bonds is 0. The zero-order chi connectivity index (χ0) is 48.1. The van der Waals surface area contributed by atoms with Gasteiger partial charge >= 0.3 is 119 Å². The van der Waals surface area contributed by atoms with Gasteiger partial charge in [-0.1, -0.05) is 131 Å². The molecule has 0 nitrogen and oxygen atoms in total. The van der Waals surface area contributed by atoms with E-state index in [1.807, 2.05) is 30.8 Å². The van der Waals surface area contributed by atoms with Gasteiger partial charge in [0, 0.05) is 0 Å². The summed E-state index contributed by atoms with van der Waals surface area (Å²) in [6.45, 7) is 27.2. The molecule has 68 heavy (non-hydrogen) atoms. The zero-order valence-electron chi connectivity index (χ0n) is 44.0. The quantitative estimate of drug-likeness (QED) is 0.105. The first kappa shape index (κ1) is 60.2. The second-order valence-corrected chi connectivity index (χ2v) is 28.0. The predicted octanol–water partition coefficient (Wildman–Crippen LogP) is 18.1. The van der Waals surface area contributed by atoms with Crippen molar-refractivity contribution in [2.45, 2.75) is 195 Å². The first-order valence-electron chi connectivity index (χ1n) is 25.1. The summed E-state index contributed by atoms with van der Waals surface area (Å²) in [6, 6.07) is 30.3. The van der Waals surface area contributed by atoms with E-state index in [-0.39, 0.29) is 46.5 Å². The number of hydrogen-bond acceptors (Lipinski definition) is 0. The summed E-state index contributed by atoms with van der Waals surface area (Å²) in [4.78, 5) is 0. The molecule has 6 aliphatic rings. The van der Waals surface area contributed by atoms with Crippen molar-refractivity contribution in [1.82, 2.24) is 0 Å². The van der Waals surface area contributed by atoms with Gasteiger partial charge in [-0.3, -0.25) is 12.2 Å². The van der Waals surface area contributed by atoms with Crippen molar-refractivity contribution >= 4 is 31.3 Å². The fraction of sp³-hybridized carbons (Fsp3) is 0.469. The van der Waals surface area contributed by atoms with Gasteiger partial charge in [-0.05, 0) is 56.8 Å². The van der Waals surface area contributed by atoms with Crippen molar-refractivity contribution in [3.05, 3.63) is 166 Å². The Morgan fingerprint density at radius 2 is 0.750 bits per heavy atom. The van der Waals surface area contributed by atoms with Gasteiger partial charge in [-0.15, -0.1) is 59.9 Å². The van der Waals surface area contributed by atoms with Crippen molar-refractivity contribution in [2.75, 3.05) is 0 Å². The van der Waals surface area contributed by atoms with Crippen molar-refractivity contribution in [3.63, 3.8) is 0 Å². The van der Waals surface area contributed by atoms with Crippen LogP contribution >= 0.6 is 24.8 Å². The van der Waals surface area contributed by atoms with Crippen LogP contribution in [0.25, 0.3) is 22.3 Å². The average molecular weight is 1280 g/mol. The third-order valence-electron chi connectivity index (χ3n) is 13.0. The van der Waals surface area contributed by atoms with Gasteiger partial charge in [-0.25, -0.2) is 24.3 Å². The molecule has 4 aromatic rings. The molecular formula is C64H82Cl2Hf2. The molecule has 0 heterocycles. The zero-order valence-corrected chi connectivity index (χ0v) is 52.8. The molecule has 360 valence electrons. The van der Waals surface area contributed by atoms with E-state index in [1.165, 1.54) is 179 Å². The van der Waals surface area contributed by atoms with Crippen LogP contribution in [0.1, 0.15) is 205 Å². The Morgan fingerprint density at radius 1 is 0.412 bits per heavy atom. The third kappa shape index (κ3) is 18.8. The molecule has 0 radical (unpaired) electrons. The first-order chi connectivity index (χ1) is 31.1. The van der Waals surface area contributed by atoms with Crippen LogP contribution in [0.15, 0.2) is 97.1 Å². The van der Waals surface area contributed by atoms with E-state index in [0.29, 0.717) is 0 Å². The Bertz CT molecular complexity index is 2070. The van der Waals surface area contributed by atoms with Gasteiger partial charge in [0.05, 0.1) is 0 Å². The van der Waals surface area contributed by atoms with Gasteiger partial charge in [0.2, 0.25) is 0 Å². The Labute approximate surface area is 457 Å². The van der Waals surface area contributed by atoms with Crippen LogP contribution < -0.4 is 0 Å². The normalized spacial score (nSPS) is 15.9. The number of fused-ring (bicyclic) bond motifs is 6. The van der Waals surface area contributed by atoms with Gasteiger partial charge in [0.1, 0.15) is 0 Å². The van der Waals surface area contributed by atoms with E-state index in [0.717, 1.165) is 25.7 Å². The van der Waals surface area contributed by atoms with E-state index in [9.17, 15) is 0 Å². The molecule has 0 aromatic heterocycles. The van der Waals surface area contributed by atoms with E-state index >= 15 is 0 Å². The van der Waals surface area contributed by atoms with E-state index < -0.39 is 0 Å². The Hall–Kier alpha value is -2.10. The molecule has 0 N–H and O–H groups in total. The molecule has 10 rings (SSSR count). The van der Waals surface area contributed by atoms with Crippen LogP contribution in [-0.4, -0.2) is 6.51 Å². The summed E-state index contributed by atoms with van der Waals surface area (Å²) in [5, 5.41) is 0. The Morgan fingerprint density at radius 3 is 0.985 bits per heavy atom. The first-order valence-corrected chi connectivity index (χ1v) is 28.7. The van der Waals surface area contributed by atoms with Crippen LogP contribution in [0.2, 0.25) is 0 Å². The second kappa shape index (κ2) is 27.6. The molecule has 0 saturated heterocycles. The fourth-order valence-electron chi connectivity index (χ4n) is 8.69. The molecule has 0 aliphatic heterocycles. The monoisotopic (exact) mass is 1280 g/mol. The molecule has 0 spiro atoms. The van der Waals surface area contributed by atoms with Gasteiger partial charge in [0.15, 0.2) is 0 Å². The Balaban J connectivity index is 0.000000239. The molecule has 4 aromatic carbocycles. The average Bonchev–Trinajstić information content (AvgIpc) is 4.12.